The summed E-state index contributed by atoms with van der Waals surface area (Å²) in [5, 5.41) is 8.77. The fourth-order valence-corrected chi connectivity index (χ4v) is 5.10. The maximum atomic E-state index is 15.4. The van der Waals surface area contributed by atoms with Crippen LogP contribution in [0.25, 0.3) is 0 Å². The lowest BCUT2D eigenvalue weighted by Crippen LogP contribution is -2.30. The number of alkyl halides is 6. The summed E-state index contributed by atoms with van der Waals surface area (Å²) >= 11 is 0. The third-order valence-electron chi connectivity index (χ3n) is 6.77. The number of sulfone groups is 1. The number of methoxy groups -OCH3 is 1. The molecule has 1 aliphatic carbocycles. The quantitative estimate of drug-likeness (QED) is 0.309. The number of carbonyl (C=O) groups excluding carboxylic acids is 1. The van der Waals surface area contributed by atoms with E-state index in [2.05, 4.69) is 15.5 Å². The molecule has 0 aliphatic heterocycles. The van der Waals surface area contributed by atoms with Crippen LogP contribution in [0.5, 0.6) is 17.4 Å². The molecule has 1 fully saturated rings. The van der Waals surface area contributed by atoms with Crippen LogP contribution in [0.4, 0.5) is 36.4 Å². The molecule has 0 atom stereocenters. The number of hydrogen-bond donors (Lipinski definition) is 1. The lowest BCUT2D eigenvalue weighted by Gasteiger charge is -2.23. The first-order chi connectivity index (χ1) is 19.3. The van der Waals surface area contributed by atoms with Gasteiger partial charge in [0, 0.05) is 17.5 Å². The number of aryl methyl sites for hydroxylation is 1. The Morgan fingerprint density at radius 2 is 1.67 bits per heavy atom. The van der Waals surface area contributed by atoms with Gasteiger partial charge in [-0.3, -0.25) is 4.79 Å². The third-order valence-corrected chi connectivity index (χ3v) is 7.88. The fourth-order valence-electron chi connectivity index (χ4n) is 4.44. The summed E-state index contributed by atoms with van der Waals surface area (Å²) in [4.78, 5) is 13.1. The van der Waals surface area contributed by atoms with Crippen LogP contribution in [0.2, 0.25) is 0 Å². The molecule has 1 heterocycles. The van der Waals surface area contributed by atoms with Gasteiger partial charge in [0.2, 0.25) is 0 Å². The summed E-state index contributed by atoms with van der Waals surface area (Å²) in [6, 6.07) is 5.76. The Balaban J connectivity index is 1.83. The van der Waals surface area contributed by atoms with Gasteiger partial charge < -0.3 is 14.8 Å². The van der Waals surface area contributed by atoms with Crippen molar-refractivity contribution in [2.45, 2.75) is 49.4 Å². The number of amides is 1. The molecule has 2 aromatic carbocycles. The van der Waals surface area contributed by atoms with E-state index in [4.69, 9.17) is 9.47 Å². The Morgan fingerprint density at radius 1 is 1.02 bits per heavy atom. The Labute approximate surface area is 234 Å². The van der Waals surface area contributed by atoms with E-state index in [0.717, 1.165) is 32.4 Å². The van der Waals surface area contributed by atoms with Gasteiger partial charge in [-0.2, -0.15) is 26.3 Å². The first-order valence-corrected chi connectivity index (χ1v) is 13.9. The molecule has 1 aliphatic rings. The van der Waals surface area contributed by atoms with Crippen LogP contribution in [-0.4, -0.2) is 44.1 Å². The number of ether oxygens (including phenoxy) is 2. The summed E-state index contributed by atoms with van der Waals surface area (Å²) in [7, 11) is -2.76. The SMILES string of the molecule is COc1c(F)c(C2(C(F)(F)F)CC2)cc(C)c1Oc1nnc(C(F)(F)F)c(C)c1C(=O)Nc1cccc(S(C)(=O)=O)c1. The van der Waals surface area contributed by atoms with Crippen LogP contribution < -0.4 is 14.8 Å². The number of nitrogens with zero attached hydrogens (tertiary/aromatic N) is 2. The van der Waals surface area contributed by atoms with Gasteiger partial charge in [-0.05, 0) is 62.1 Å². The van der Waals surface area contributed by atoms with Crippen molar-refractivity contribution in [2.24, 2.45) is 0 Å². The Morgan fingerprint density at radius 3 is 2.19 bits per heavy atom. The minimum Gasteiger partial charge on any atom is -0.490 e. The van der Waals surface area contributed by atoms with E-state index >= 15 is 4.39 Å². The van der Waals surface area contributed by atoms with Crippen molar-refractivity contribution >= 4 is 21.4 Å². The number of benzene rings is 2. The van der Waals surface area contributed by atoms with Gasteiger partial charge in [-0.1, -0.05) is 6.07 Å². The van der Waals surface area contributed by atoms with E-state index in [0.29, 0.717) is 0 Å². The number of anilines is 1. The second-order valence-corrected chi connectivity index (χ2v) is 11.7. The summed E-state index contributed by atoms with van der Waals surface area (Å²) in [6.07, 6.45) is -9.62. The minimum absolute atomic E-state index is 0.0923. The number of hydrogen-bond acceptors (Lipinski definition) is 7. The summed E-state index contributed by atoms with van der Waals surface area (Å²) in [5.74, 6) is -4.79. The van der Waals surface area contributed by atoms with E-state index in [1.54, 1.807) is 0 Å². The van der Waals surface area contributed by atoms with Gasteiger partial charge in [0.15, 0.2) is 32.8 Å². The van der Waals surface area contributed by atoms with Crippen LogP contribution >= 0.6 is 0 Å². The van der Waals surface area contributed by atoms with Crippen molar-refractivity contribution in [1.29, 1.82) is 0 Å². The van der Waals surface area contributed by atoms with Gasteiger partial charge in [0.05, 0.1) is 17.4 Å². The highest BCUT2D eigenvalue weighted by Crippen LogP contribution is 2.61. The van der Waals surface area contributed by atoms with Gasteiger partial charge >= 0.3 is 12.4 Å². The number of aromatic nitrogens is 2. The lowest BCUT2D eigenvalue weighted by molar-refractivity contribution is -0.161. The van der Waals surface area contributed by atoms with Crippen LogP contribution in [0.3, 0.4) is 0 Å². The zero-order valence-electron chi connectivity index (χ0n) is 22.3. The van der Waals surface area contributed by atoms with Crippen LogP contribution in [0.1, 0.15) is 45.6 Å². The number of carbonyl (C=O) groups is 1. The molecule has 0 unspecified atom stereocenters. The zero-order valence-corrected chi connectivity index (χ0v) is 23.1. The predicted octanol–water partition coefficient (Wildman–Crippen LogP) is 6.30. The first-order valence-electron chi connectivity index (χ1n) is 12.0. The largest absolute Gasteiger partial charge is 0.490 e. The average Bonchev–Trinajstić information content (AvgIpc) is 3.67. The number of nitrogens with one attached hydrogen (secondary N) is 1. The summed E-state index contributed by atoms with van der Waals surface area (Å²) in [5.41, 5.74) is -6.40. The first kappa shape index (κ1) is 31.0. The van der Waals surface area contributed by atoms with Crippen LogP contribution in [0, 0.1) is 19.7 Å². The van der Waals surface area contributed by atoms with E-state index < -0.39 is 79.1 Å². The zero-order chi connectivity index (χ0) is 31.4. The third kappa shape index (κ3) is 5.58. The maximum absolute atomic E-state index is 15.4. The van der Waals surface area contributed by atoms with E-state index in [1.165, 1.54) is 25.1 Å². The molecule has 3 aromatic rings. The molecule has 16 heteroatoms. The molecular weight excluding hydrogens is 599 g/mol. The van der Waals surface area contributed by atoms with Crippen molar-refractivity contribution in [1.82, 2.24) is 10.2 Å². The lowest BCUT2D eigenvalue weighted by atomic mass is 9.92. The fraction of sp³-hybridized carbons (Fsp3) is 0.346. The predicted molar refractivity (Wildman–Crippen MR) is 134 cm³/mol. The molecule has 1 aromatic heterocycles. The van der Waals surface area contributed by atoms with Crippen molar-refractivity contribution < 1.29 is 53.4 Å². The second kappa shape index (κ2) is 10.4. The molecular formula is C26H22F7N3O5S. The number of halogens is 7. The molecule has 8 nitrogen and oxygen atoms in total. The van der Waals surface area contributed by atoms with Gasteiger partial charge in [0.1, 0.15) is 5.56 Å². The molecule has 0 spiro atoms. The molecule has 4 rings (SSSR count). The topological polar surface area (TPSA) is 107 Å². The molecule has 0 bridgehead atoms. The average molecular weight is 622 g/mol. The monoisotopic (exact) mass is 621 g/mol. The highest BCUT2D eigenvalue weighted by Gasteiger charge is 2.65. The van der Waals surface area contributed by atoms with Crippen LogP contribution in [-0.2, 0) is 21.4 Å². The highest BCUT2D eigenvalue weighted by molar-refractivity contribution is 7.90. The Bertz CT molecular complexity index is 1680. The Kier molecular flexibility index (Phi) is 7.67. The van der Waals surface area contributed by atoms with E-state index in [9.17, 15) is 39.6 Å². The maximum Gasteiger partial charge on any atom is 0.435 e. The molecule has 42 heavy (non-hydrogen) atoms. The summed E-state index contributed by atoms with van der Waals surface area (Å²) < 4.78 is 132. The van der Waals surface area contributed by atoms with Crippen molar-refractivity contribution in [3.8, 4) is 17.4 Å². The van der Waals surface area contributed by atoms with Crippen molar-refractivity contribution in [2.75, 3.05) is 18.7 Å². The van der Waals surface area contributed by atoms with Gasteiger partial charge in [-0.25, -0.2) is 12.8 Å². The van der Waals surface area contributed by atoms with Crippen LogP contribution in [0.15, 0.2) is 35.2 Å². The molecule has 1 saturated carbocycles. The minimum atomic E-state index is -5.06. The summed E-state index contributed by atoms with van der Waals surface area (Å²) in [6.45, 7) is 2.16. The normalized spacial score (nSPS) is 14.8. The molecule has 1 amide bonds. The van der Waals surface area contributed by atoms with Gasteiger partial charge in [0.25, 0.3) is 11.8 Å². The molecule has 1 N–H and O–H groups in total. The van der Waals surface area contributed by atoms with E-state index in [-0.39, 0.29) is 29.0 Å². The van der Waals surface area contributed by atoms with Crippen molar-refractivity contribution in [3.05, 3.63) is 64.1 Å². The second-order valence-electron chi connectivity index (χ2n) is 9.70. The number of rotatable bonds is 7. The Hall–Kier alpha value is -3.95. The standard InChI is InChI=1S/C26H22F7N3O5S/c1-12-10-16(24(8-9-24)26(31,32)33)18(27)20(40-3)19(12)41-23-17(13(2)21(35-36-23)25(28,29)30)22(37)34-14-6-5-7-15(11-14)42(4,38)39/h5-7,10-11H,8-9H2,1-4H3,(H,34,37). The van der Waals surface area contributed by atoms with Gasteiger partial charge in [-0.15, -0.1) is 10.2 Å². The van der Waals surface area contributed by atoms with E-state index in [1.807, 2.05) is 0 Å². The molecule has 226 valence electrons. The molecule has 0 radical (unpaired) electrons. The molecule has 0 saturated heterocycles. The smallest absolute Gasteiger partial charge is 0.435 e. The highest BCUT2D eigenvalue weighted by atomic mass is 32.2. The van der Waals surface area contributed by atoms with Crippen molar-refractivity contribution in [3.63, 3.8) is 0 Å².